The Kier molecular flexibility index (Phi) is 7.04. The van der Waals surface area contributed by atoms with Crippen LogP contribution in [0.15, 0.2) is 84.5 Å². The molecule has 1 aliphatic rings. The van der Waals surface area contributed by atoms with Crippen LogP contribution in [0, 0.1) is 5.92 Å². The van der Waals surface area contributed by atoms with Crippen LogP contribution in [0.4, 0.5) is 0 Å². The molecule has 0 fully saturated rings. The average Bonchev–Trinajstić information content (AvgIpc) is 3.11. The van der Waals surface area contributed by atoms with Crippen LogP contribution >= 0.6 is 0 Å². The largest absolute Gasteiger partial charge is 0.377 e. The Morgan fingerprint density at radius 2 is 1.36 bits per heavy atom. The molecule has 2 aromatic carbocycles. The van der Waals surface area contributed by atoms with Crippen molar-refractivity contribution in [3.8, 4) is 0 Å². The summed E-state index contributed by atoms with van der Waals surface area (Å²) in [5.41, 5.74) is 3.83. The zero-order chi connectivity index (χ0) is 17.2. The molecule has 0 amide bonds. The molecule has 1 unspecified atom stereocenters. The Labute approximate surface area is 150 Å². The Balaban J connectivity index is 1.31. The van der Waals surface area contributed by atoms with E-state index >= 15 is 0 Å². The van der Waals surface area contributed by atoms with Crippen molar-refractivity contribution in [2.24, 2.45) is 5.92 Å². The van der Waals surface area contributed by atoms with Crippen LogP contribution in [0.1, 0.15) is 24.0 Å². The first kappa shape index (κ1) is 17.7. The van der Waals surface area contributed by atoms with E-state index in [4.69, 9.17) is 9.47 Å². The lowest BCUT2D eigenvalue weighted by molar-refractivity contribution is 0.114. The number of hydrogen-bond acceptors (Lipinski definition) is 2. The summed E-state index contributed by atoms with van der Waals surface area (Å²) in [5, 5.41) is 0. The summed E-state index contributed by atoms with van der Waals surface area (Å²) in [6.45, 7) is 2.88. The van der Waals surface area contributed by atoms with Crippen molar-refractivity contribution in [1.82, 2.24) is 0 Å². The SMILES string of the molecule is C1=CC(CCCOCc2ccccc2)C(COCc2ccccc2)=C1. The van der Waals surface area contributed by atoms with Gasteiger partial charge in [-0.15, -0.1) is 0 Å². The van der Waals surface area contributed by atoms with Gasteiger partial charge in [-0.1, -0.05) is 78.9 Å². The van der Waals surface area contributed by atoms with Crippen molar-refractivity contribution in [2.45, 2.75) is 26.1 Å². The van der Waals surface area contributed by atoms with E-state index in [1.54, 1.807) is 0 Å². The van der Waals surface area contributed by atoms with Gasteiger partial charge < -0.3 is 9.47 Å². The molecule has 0 spiro atoms. The molecule has 3 rings (SSSR count). The minimum atomic E-state index is 0.496. The van der Waals surface area contributed by atoms with Gasteiger partial charge in [0.25, 0.3) is 0 Å². The smallest absolute Gasteiger partial charge is 0.0721 e. The van der Waals surface area contributed by atoms with Crippen molar-refractivity contribution < 1.29 is 9.47 Å². The maximum Gasteiger partial charge on any atom is 0.0721 e. The van der Waals surface area contributed by atoms with E-state index in [1.165, 1.54) is 16.7 Å². The van der Waals surface area contributed by atoms with Crippen LogP contribution in [0.2, 0.25) is 0 Å². The zero-order valence-electron chi connectivity index (χ0n) is 14.6. The van der Waals surface area contributed by atoms with E-state index in [9.17, 15) is 0 Å². The second kappa shape index (κ2) is 9.97. The topological polar surface area (TPSA) is 18.5 Å². The highest BCUT2D eigenvalue weighted by Crippen LogP contribution is 2.24. The second-order valence-electron chi connectivity index (χ2n) is 6.39. The highest BCUT2D eigenvalue weighted by atomic mass is 16.5. The summed E-state index contributed by atoms with van der Waals surface area (Å²) < 4.78 is 11.7. The number of ether oxygens (including phenoxy) is 2. The Morgan fingerprint density at radius 1 is 0.720 bits per heavy atom. The van der Waals surface area contributed by atoms with Gasteiger partial charge in [-0.2, -0.15) is 0 Å². The molecule has 1 aliphatic carbocycles. The van der Waals surface area contributed by atoms with Crippen LogP contribution in [0.25, 0.3) is 0 Å². The molecule has 2 nitrogen and oxygen atoms in total. The molecule has 0 bridgehead atoms. The lowest BCUT2D eigenvalue weighted by atomic mass is 9.98. The van der Waals surface area contributed by atoms with E-state index in [1.807, 2.05) is 24.3 Å². The van der Waals surface area contributed by atoms with Crippen LogP contribution in [0.3, 0.4) is 0 Å². The van der Waals surface area contributed by atoms with Gasteiger partial charge in [-0.25, -0.2) is 0 Å². The average molecular weight is 334 g/mol. The van der Waals surface area contributed by atoms with Crippen molar-refractivity contribution in [3.05, 3.63) is 95.6 Å². The quantitative estimate of drug-likeness (QED) is 0.548. The molecule has 0 saturated carbocycles. The Bertz CT molecular complexity index is 674. The molecular formula is C23H26O2. The lowest BCUT2D eigenvalue weighted by Crippen LogP contribution is -2.07. The molecule has 0 N–H and O–H groups in total. The third-order valence-corrected chi connectivity index (χ3v) is 4.43. The zero-order valence-corrected chi connectivity index (χ0v) is 14.6. The minimum Gasteiger partial charge on any atom is -0.377 e. The number of rotatable bonds is 10. The van der Waals surface area contributed by atoms with Gasteiger partial charge in [-0.05, 0) is 29.5 Å². The van der Waals surface area contributed by atoms with Gasteiger partial charge in [0.2, 0.25) is 0 Å². The van der Waals surface area contributed by atoms with E-state index in [0.717, 1.165) is 19.4 Å². The molecule has 0 saturated heterocycles. The molecule has 130 valence electrons. The van der Waals surface area contributed by atoms with Crippen molar-refractivity contribution in [3.63, 3.8) is 0 Å². The summed E-state index contributed by atoms with van der Waals surface area (Å²) in [6.07, 6.45) is 8.80. The van der Waals surface area contributed by atoms with Crippen LogP contribution in [-0.4, -0.2) is 13.2 Å². The molecule has 25 heavy (non-hydrogen) atoms. The van der Waals surface area contributed by atoms with Gasteiger partial charge in [-0.3, -0.25) is 0 Å². The normalized spacial score (nSPS) is 16.2. The van der Waals surface area contributed by atoms with Crippen molar-refractivity contribution >= 4 is 0 Å². The first-order chi connectivity index (χ1) is 12.4. The third-order valence-electron chi connectivity index (χ3n) is 4.43. The van der Waals surface area contributed by atoms with Gasteiger partial charge in [0.1, 0.15) is 0 Å². The fourth-order valence-electron chi connectivity index (χ4n) is 3.03. The standard InChI is InChI=1S/C23H26O2/c1-3-9-20(10-4-1)17-24-16-8-15-22-13-7-14-23(22)19-25-18-21-11-5-2-6-12-21/h1-7,9-14,22H,8,15-19H2. The lowest BCUT2D eigenvalue weighted by Gasteiger charge is -2.14. The van der Waals surface area contributed by atoms with Gasteiger partial charge in [0.15, 0.2) is 0 Å². The maximum absolute atomic E-state index is 5.88. The monoisotopic (exact) mass is 334 g/mol. The molecule has 1 atom stereocenters. The van der Waals surface area contributed by atoms with Crippen LogP contribution in [-0.2, 0) is 22.7 Å². The summed E-state index contributed by atoms with van der Waals surface area (Å²) in [6, 6.07) is 20.7. The molecule has 0 aromatic heterocycles. The minimum absolute atomic E-state index is 0.496. The number of allylic oxidation sites excluding steroid dienone is 3. The van der Waals surface area contributed by atoms with E-state index in [-0.39, 0.29) is 0 Å². The maximum atomic E-state index is 5.88. The van der Waals surface area contributed by atoms with Gasteiger partial charge in [0.05, 0.1) is 19.8 Å². The summed E-state index contributed by atoms with van der Waals surface area (Å²) in [7, 11) is 0. The summed E-state index contributed by atoms with van der Waals surface area (Å²) in [5.74, 6) is 0.496. The molecule has 0 heterocycles. The van der Waals surface area contributed by atoms with Gasteiger partial charge >= 0.3 is 0 Å². The van der Waals surface area contributed by atoms with E-state index < -0.39 is 0 Å². The van der Waals surface area contributed by atoms with Crippen molar-refractivity contribution in [1.29, 1.82) is 0 Å². The van der Waals surface area contributed by atoms with Crippen LogP contribution < -0.4 is 0 Å². The Hall–Kier alpha value is -2.16. The first-order valence-corrected chi connectivity index (χ1v) is 9.02. The Morgan fingerprint density at radius 3 is 2.04 bits per heavy atom. The summed E-state index contributed by atoms with van der Waals surface area (Å²) >= 11 is 0. The fraction of sp³-hybridized carbons (Fsp3) is 0.304. The van der Waals surface area contributed by atoms with E-state index in [2.05, 4.69) is 54.6 Å². The van der Waals surface area contributed by atoms with Crippen molar-refractivity contribution in [2.75, 3.05) is 13.2 Å². The predicted molar refractivity (Wildman–Crippen MR) is 102 cm³/mol. The predicted octanol–water partition coefficient (Wildman–Crippen LogP) is 5.31. The molecule has 2 heteroatoms. The highest BCUT2D eigenvalue weighted by molar-refractivity contribution is 5.27. The molecule has 0 radical (unpaired) electrons. The number of benzene rings is 2. The number of hydrogen-bond donors (Lipinski definition) is 0. The third kappa shape index (κ3) is 6.00. The van der Waals surface area contributed by atoms with Crippen LogP contribution in [0.5, 0.6) is 0 Å². The fourth-order valence-corrected chi connectivity index (χ4v) is 3.03. The molecular weight excluding hydrogens is 308 g/mol. The van der Waals surface area contributed by atoms with E-state index in [0.29, 0.717) is 25.7 Å². The summed E-state index contributed by atoms with van der Waals surface area (Å²) in [4.78, 5) is 0. The second-order valence-corrected chi connectivity index (χ2v) is 6.39. The van der Waals surface area contributed by atoms with Gasteiger partial charge in [0, 0.05) is 12.5 Å². The highest BCUT2D eigenvalue weighted by Gasteiger charge is 2.14. The first-order valence-electron chi connectivity index (χ1n) is 9.02. The molecule has 2 aromatic rings. The molecule has 0 aliphatic heterocycles.